The number of ether oxygens (including phenoxy) is 2. The van der Waals surface area contributed by atoms with Crippen molar-refractivity contribution < 1.29 is 19.1 Å². The number of anilines is 1. The average molecular weight is 581 g/mol. The lowest BCUT2D eigenvalue weighted by atomic mass is 10.1. The summed E-state index contributed by atoms with van der Waals surface area (Å²) in [5.74, 6) is 1.13. The summed E-state index contributed by atoms with van der Waals surface area (Å²) in [6.45, 7) is 10.1. The molecule has 9 heteroatoms. The van der Waals surface area contributed by atoms with E-state index in [1.807, 2.05) is 36.6 Å². The number of esters is 1. The second-order valence-electron chi connectivity index (χ2n) is 12.1. The summed E-state index contributed by atoms with van der Waals surface area (Å²) in [5.41, 5.74) is 3.04. The summed E-state index contributed by atoms with van der Waals surface area (Å²) >= 11 is 6.66. The zero-order chi connectivity index (χ0) is 29.1. The maximum Gasteiger partial charge on any atom is 0.326 e. The molecule has 1 aliphatic heterocycles. The molecule has 2 aliphatic rings. The highest BCUT2D eigenvalue weighted by Gasteiger charge is 2.31. The molecule has 41 heavy (non-hydrogen) atoms. The lowest BCUT2D eigenvalue weighted by molar-refractivity contribution is -0.155. The van der Waals surface area contributed by atoms with E-state index in [1.165, 1.54) is 18.4 Å². The lowest BCUT2D eigenvalue weighted by Crippen LogP contribution is -2.49. The molecular weight excluding hydrogens is 540 g/mol. The molecule has 0 atom stereocenters. The van der Waals surface area contributed by atoms with E-state index in [9.17, 15) is 9.59 Å². The van der Waals surface area contributed by atoms with Gasteiger partial charge in [0, 0.05) is 49.2 Å². The van der Waals surface area contributed by atoms with Crippen LogP contribution in [-0.4, -0.2) is 51.7 Å². The van der Waals surface area contributed by atoms with Crippen LogP contribution in [0.4, 0.5) is 10.5 Å². The fraction of sp³-hybridized carbons (Fsp3) is 0.531. The molecule has 3 aromatic rings. The van der Waals surface area contributed by atoms with Crippen LogP contribution in [0.1, 0.15) is 83.3 Å². The first-order valence-corrected chi connectivity index (χ1v) is 15.2. The molecule has 0 unspecified atom stereocenters. The fourth-order valence-corrected chi connectivity index (χ4v) is 5.77. The van der Waals surface area contributed by atoms with Crippen molar-refractivity contribution in [3.8, 4) is 5.75 Å². The molecule has 1 saturated heterocycles. The number of fused-ring (bicyclic) bond motifs is 1. The molecule has 0 N–H and O–H groups in total. The second-order valence-corrected chi connectivity index (χ2v) is 12.5. The van der Waals surface area contributed by atoms with Gasteiger partial charge in [-0.05, 0) is 75.6 Å². The van der Waals surface area contributed by atoms with Crippen molar-refractivity contribution in [2.24, 2.45) is 0 Å². The molecule has 2 amide bonds. The number of aromatic nitrogens is 2. The van der Waals surface area contributed by atoms with Gasteiger partial charge in [-0.15, -0.1) is 0 Å². The smallest absolute Gasteiger partial charge is 0.326 e. The van der Waals surface area contributed by atoms with Gasteiger partial charge in [0.25, 0.3) is 0 Å². The van der Waals surface area contributed by atoms with Crippen molar-refractivity contribution >= 4 is 40.3 Å². The quantitative estimate of drug-likeness (QED) is 0.175. The van der Waals surface area contributed by atoms with Crippen LogP contribution in [0.3, 0.4) is 0 Å². The van der Waals surface area contributed by atoms with E-state index < -0.39 is 5.60 Å². The first kappa shape index (κ1) is 29.2. The van der Waals surface area contributed by atoms with Crippen molar-refractivity contribution in [1.82, 2.24) is 14.5 Å². The van der Waals surface area contributed by atoms with Crippen LogP contribution in [0.25, 0.3) is 11.0 Å². The first-order valence-electron chi connectivity index (χ1n) is 14.8. The Balaban J connectivity index is 1.34. The van der Waals surface area contributed by atoms with E-state index in [0.29, 0.717) is 42.8 Å². The minimum absolute atomic E-state index is 0.00701. The number of hydrogen-bond donors (Lipinski definition) is 0. The number of unbranched alkanes of at least 4 members (excludes halogenated alkanes) is 2. The van der Waals surface area contributed by atoms with Crippen molar-refractivity contribution in [3.05, 3.63) is 52.8 Å². The Morgan fingerprint density at radius 1 is 1.15 bits per heavy atom. The van der Waals surface area contributed by atoms with E-state index in [1.54, 1.807) is 17.0 Å². The number of halogens is 1. The van der Waals surface area contributed by atoms with Crippen LogP contribution in [0.15, 0.2) is 36.7 Å². The van der Waals surface area contributed by atoms with Crippen LogP contribution in [0.2, 0.25) is 5.02 Å². The van der Waals surface area contributed by atoms with Gasteiger partial charge in [-0.25, -0.2) is 9.78 Å². The Labute approximate surface area is 247 Å². The number of benzene rings is 1. The van der Waals surface area contributed by atoms with E-state index in [4.69, 9.17) is 21.1 Å². The summed E-state index contributed by atoms with van der Waals surface area (Å²) in [5, 5.41) is 1.24. The van der Waals surface area contributed by atoms with E-state index in [2.05, 4.69) is 30.1 Å². The van der Waals surface area contributed by atoms with Gasteiger partial charge in [0.05, 0.1) is 11.6 Å². The summed E-state index contributed by atoms with van der Waals surface area (Å²) in [6, 6.07) is 8.12. The van der Waals surface area contributed by atoms with Crippen LogP contribution < -0.4 is 9.64 Å². The molecule has 0 bridgehead atoms. The van der Waals surface area contributed by atoms with E-state index >= 15 is 0 Å². The van der Waals surface area contributed by atoms with Gasteiger partial charge >= 0.3 is 12.0 Å². The standard InChI is InChI=1S/C32H41ClN4O4/c1-5-6-7-17-40-27-18-24(11-12-25(27)22-9-10-22)37-16-8-15-35(31(37)39)19-23-13-14-34-30-29(23)26(33)20-36(30)21-28(38)41-32(2,3)4/h11-14,18,20,22H,5-10,15-17,19,21H2,1-4H3. The Hall–Kier alpha value is -3.26. The van der Waals surface area contributed by atoms with Gasteiger partial charge in [0.15, 0.2) is 0 Å². The molecule has 8 nitrogen and oxygen atoms in total. The van der Waals surface area contributed by atoms with Crippen molar-refractivity contribution in [1.29, 1.82) is 0 Å². The van der Waals surface area contributed by atoms with Gasteiger partial charge in [0.2, 0.25) is 0 Å². The molecule has 1 aromatic carbocycles. The van der Waals surface area contributed by atoms with E-state index in [-0.39, 0.29) is 18.5 Å². The first-order chi connectivity index (χ1) is 19.6. The Morgan fingerprint density at radius 3 is 2.68 bits per heavy atom. The predicted molar refractivity (Wildman–Crippen MR) is 162 cm³/mol. The SMILES string of the molecule is CCCCCOc1cc(N2CCCN(Cc3ccnc4c3c(Cl)cn4CC(=O)OC(C)(C)C)C2=O)ccc1C1CC1. The third-order valence-corrected chi connectivity index (χ3v) is 7.81. The van der Waals surface area contributed by atoms with Crippen molar-refractivity contribution in [3.63, 3.8) is 0 Å². The molecule has 2 fully saturated rings. The highest BCUT2D eigenvalue weighted by atomic mass is 35.5. The minimum Gasteiger partial charge on any atom is -0.493 e. The predicted octanol–water partition coefficient (Wildman–Crippen LogP) is 7.31. The molecule has 0 spiro atoms. The molecule has 0 radical (unpaired) electrons. The summed E-state index contributed by atoms with van der Waals surface area (Å²) in [4.78, 5) is 34.5. The average Bonchev–Trinajstić information content (AvgIpc) is 3.71. The normalized spacial score (nSPS) is 16.0. The molecule has 5 rings (SSSR count). The molecular formula is C32H41ClN4O4. The molecule has 1 saturated carbocycles. The number of rotatable bonds is 11. The maximum absolute atomic E-state index is 13.8. The number of amides is 2. The van der Waals surface area contributed by atoms with Gasteiger partial charge in [0.1, 0.15) is 23.5 Å². The number of nitrogens with zero attached hydrogens (tertiary/aromatic N) is 4. The van der Waals surface area contributed by atoms with Crippen molar-refractivity contribution in [2.75, 3.05) is 24.6 Å². The van der Waals surface area contributed by atoms with Gasteiger partial charge in [-0.1, -0.05) is 37.4 Å². The summed E-state index contributed by atoms with van der Waals surface area (Å²) in [6.07, 6.45) is 9.99. The Bertz CT molecular complexity index is 1410. The third-order valence-electron chi connectivity index (χ3n) is 7.52. The fourth-order valence-electron chi connectivity index (χ4n) is 5.45. The number of pyridine rings is 1. The third kappa shape index (κ3) is 6.97. The molecule has 2 aromatic heterocycles. The maximum atomic E-state index is 13.8. The Morgan fingerprint density at radius 2 is 1.95 bits per heavy atom. The monoisotopic (exact) mass is 580 g/mol. The lowest BCUT2D eigenvalue weighted by Gasteiger charge is -2.36. The Kier molecular flexibility index (Phi) is 8.78. The van der Waals surface area contributed by atoms with Gasteiger partial charge in [-0.2, -0.15) is 0 Å². The molecule has 220 valence electrons. The highest BCUT2D eigenvalue weighted by Crippen LogP contribution is 2.45. The number of carbonyl (C=O) groups excluding carboxylic acids is 2. The van der Waals surface area contributed by atoms with E-state index in [0.717, 1.165) is 48.1 Å². The minimum atomic E-state index is -0.580. The van der Waals surface area contributed by atoms with Crippen LogP contribution in [0.5, 0.6) is 5.75 Å². The number of hydrogen-bond acceptors (Lipinski definition) is 5. The van der Waals surface area contributed by atoms with Crippen LogP contribution in [-0.2, 0) is 22.6 Å². The zero-order valence-electron chi connectivity index (χ0n) is 24.6. The number of urea groups is 1. The molecule has 1 aliphatic carbocycles. The summed E-state index contributed by atoms with van der Waals surface area (Å²) in [7, 11) is 0. The van der Waals surface area contributed by atoms with Crippen LogP contribution in [0, 0.1) is 0 Å². The van der Waals surface area contributed by atoms with Crippen molar-refractivity contribution in [2.45, 2.75) is 90.8 Å². The van der Waals surface area contributed by atoms with Gasteiger partial charge in [-0.3, -0.25) is 9.69 Å². The topological polar surface area (TPSA) is 76.9 Å². The number of carbonyl (C=O) groups is 2. The highest BCUT2D eigenvalue weighted by molar-refractivity contribution is 6.35. The molecule has 3 heterocycles. The van der Waals surface area contributed by atoms with Gasteiger partial charge < -0.3 is 18.9 Å². The van der Waals surface area contributed by atoms with Crippen LogP contribution >= 0.6 is 11.6 Å². The second kappa shape index (κ2) is 12.3. The summed E-state index contributed by atoms with van der Waals surface area (Å²) < 4.78 is 13.4. The largest absolute Gasteiger partial charge is 0.493 e. The zero-order valence-corrected chi connectivity index (χ0v) is 25.4.